The lowest BCUT2D eigenvalue weighted by atomic mass is 9.99. The molecule has 6 rings (SSSR count). The van der Waals surface area contributed by atoms with E-state index in [2.05, 4.69) is 17.0 Å². The molecule has 0 aromatic heterocycles. The number of nitrogens with zero attached hydrogens (tertiary/aromatic N) is 3. The van der Waals surface area contributed by atoms with E-state index >= 15 is 0 Å². The molecule has 1 spiro atoms. The van der Waals surface area contributed by atoms with Gasteiger partial charge in [-0.2, -0.15) is 0 Å². The van der Waals surface area contributed by atoms with Crippen LogP contribution in [0.4, 0.5) is 0 Å². The van der Waals surface area contributed by atoms with E-state index in [0.717, 1.165) is 19.5 Å². The fourth-order valence-corrected chi connectivity index (χ4v) is 4.95. The third-order valence-electron chi connectivity index (χ3n) is 6.39. The van der Waals surface area contributed by atoms with E-state index in [0.29, 0.717) is 33.4 Å². The van der Waals surface area contributed by atoms with Crippen LogP contribution in [0.25, 0.3) is 21.5 Å². The van der Waals surface area contributed by atoms with Gasteiger partial charge in [-0.15, -0.1) is 0 Å². The molecule has 31 heavy (non-hydrogen) atoms. The van der Waals surface area contributed by atoms with Crippen molar-refractivity contribution in [3.63, 3.8) is 0 Å². The summed E-state index contributed by atoms with van der Waals surface area (Å²) in [7, 11) is 0. The Morgan fingerprint density at radius 3 is 2.45 bits per heavy atom. The molecule has 1 atom stereocenters. The molecule has 0 amide bonds. The monoisotopic (exact) mass is 411 g/mol. The number of fused-ring (bicyclic) bond motifs is 4. The van der Waals surface area contributed by atoms with Gasteiger partial charge in [0.15, 0.2) is 5.66 Å². The molecule has 6 nitrogen and oxygen atoms in total. The highest BCUT2D eigenvalue weighted by atomic mass is 16.3. The minimum absolute atomic E-state index is 0.0229. The first-order chi connectivity index (χ1) is 15.0. The maximum Gasteiger partial charge on any atom is 0.165 e. The maximum atomic E-state index is 11.1. The Morgan fingerprint density at radius 1 is 0.806 bits per heavy atom. The number of benzene rings is 4. The Balaban J connectivity index is 1.50. The standard InChI is InChI=1S/C25H21N3O3/c29-19-8-4-7-16-20(19)24(31)21-17(23(16)30)9-10-18-22(21)27-25(26-18)11-12-28(14-25)13-15-5-2-1-3-6-15/h1-10,29-31H,11-14H2. The fraction of sp³-hybridized carbons (Fsp3) is 0.200. The van der Waals surface area contributed by atoms with Gasteiger partial charge in [0, 0.05) is 36.8 Å². The summed E-state index contributed by atoms with van der Waals surface area (Å²) in [5, 5.41) is 35.1. The second-order valence-electron chi connectivity index (χ2n) is 8.41. The average molecular weight is 411 g/mol. The Bertz CT molecular complexity index is 1480. The molecule has 3 N–H and O–H groups in total. The van der Waals surface area contributed by atoms with E-state index in [9.17, 15) is 15.3 Å². The van der Waals surface area contributed by atoms with Crippen LogP contribution in [0, 0.1) is 0 Å². The zero-order valence-electron chi connectivity index (χ0n) is 16.8. The van der Waals surface area contributed by atoms with Crippen molar-refractivity contribution in [3.8, 4) is 17.2 Å². The smallest absolute Gasteiger partial charge is 0.165 e. The molecule has 4 aromatic rings. The van der Waals surface area contributed by atoms with Gasteiger partial charge in [0.25, 0.3) is 0 Å². The van der Waals surface area contributed by atoms with Crippen molar-refractivity contribution in [2.75, 3.05) is 13.1 Å². The number of rotatable bonds is 2. The summed E-state index contributed by atoms with van der Waals surface area (Å²) in [5.41, 5.74) is 0.672. The molecule has 2 aliphatic rings. The Morgan fingerprint density at radius 2 is 1.61 bits per heavy atom. The molecule has 0 aliphatic carbocycles. The number of hydrogen-bond donors (Lipinski definition) is 3. The van der Waals surface area contributed by atoms with Crippen LogP contribution in [0.2, 0.25) is 0 Å². The SMILES string of the molecule is Oc1c2cccc(O)c2c(O)c2c3c(ccc12)=NC1(CCN(Cc2ccccc2)C1)N=3. The van der Waals surface area contributed by atoms with Crippen LogP contribution in [0.1, 0.15) is 12.0 Å². The molecule has 154 valence electrons. The summed E-state index contributed by atoms with van der Waals surface area (Å²) in [6, 6.07) is 18.8. The van der Waals surface area contributed by atoms with Gasteiger partial charge in [-0.05, 0) is 23.8 Å². The maximum absolute atomic E-state index is 11.1. The van der Waals surface area contributed by atoms with E-state index < -0.39 is 5.66 Å². The first-order valence-electron chi connectivity index (χ1n) is 10.4. The van der Waals surface area contributed by atoms with Crippen molar-refractivity contribution < 1.29 is 15.3 Å². The van der Waals surface area contributed by atoms with Crippen LogP contribution in [-0.2, 0) is 6.54 Å². The lowest BCUT2D eigenvalue weighted by Gasteiger charge is -2.19. The quantitative estimate of drug-likeness (QED) is 0.350. The predicted molar refractivity (Wildman–Crippen MR) is 118 cm³/mol. The van der Waals surface area contributed by atoms with E-state index in [1.165, 1.54) is 11.6 Å². The molecule has 0 saturated carbocycles. The fourth-order valence-electron chi connectivity index (χ4n) is 4.95. The number of likely N-dealkylation sites (tertiary alicyclic amines) is 1. The highest BCUT2D eigenvalue weighted by Gasteiger charge is 2.39. The molecule has 0 bridgehead atoms. The molecule has 1 unspecified atom stereocenters. The van der Waals surface area contributed by atoms with Crippen molar-refractivity contribution >= 4 is 21.5 Å². The Hall–Kier alpha value is -3.64. The van der Waals surface area contributed by atoms with Crippen LogP contribution in [0.5, 0.6) is 17.2 Å². The van der Waals surface area contributed by atoms with E-state index in [4.69, 9.17) is 9.98 Å². The summed E-state index contributed by atoms with van der Waals surface area (Å²) in [6.45, 7) is 2.42. The molecule has 0 radical (unpaired) electrons. The van der Waals surface area contributed by atoms with Crippen molar-refractivity contribution in [2.45, 2.75) is 18.6 Å². The topological polar surface area (TPSA) is 88.6 Å². The van der Waals surface area contributed by atoms with Gasteiger partial charge < -0.3 is 15.3 Å². The van der Waals surface area contributed by atoms with Crippen LogP contribution in [-0.4, -0.2) is 39.0 Å². The first kappa shape index (κ1) is 18.2. The summed E-state index contributed by atoms with van der Waals surface area (Å²) in [5.74, 6) is -0.132. The van der Waals surface area contributed by atoms with Crippen LogP contribution in [0.3, 0.4) is 0 Å². The molecular formula is C25H21N3O3. The highest BCUT2D eigenvalue weighted by molar-refractivity contribution is 6.12. The molecular weight excluding hydrogens is 390 g/mol. The predicted octanol–water partition coefficient (Wildman–Crippen LogP) is 2.96. The van der Waals surface area contributed by atoms with E-state index in [-0.39, 0.29) is 22.6 Å². The summed E-state index contributed by atoms with van der Waals surface area (Å²) in [4.78, 5) is 12.3. The van der Waals surface area contributed by atoms with Gasteiger partial charge in [-0.1, -0.05) is 42.5 Å². The van der Waals surface area contributed by atoms with Crippen molar-refractivity contribution in [3.05, 3.63) is 76.9 Å². The Labute approximate surface area is 178 Å². The lowest BCUT2D eigenvalue weighted by molar-refractivity contribution is 0.306. The first-order valence-corrected chi connectivity index (χ1v) is 10.4. The van der Waals surface area contributed by atoms with Crippen molar-refractivity contribution in [2.24, 2.45) is 9.98 Å². The van der Waals surface area contributed by atoms with Crippen LogP contribution in [0.15, 0.2) is 70.6 Å². The summed E-state index contributed by atoms with van der Waals surface area (Å²) in [6.07, 6.45) is 0.793. The minimum Gasteiger partial charge on any atom is -0.507 e. The zero-order valence-corrected chi connectivity index (χ0v) is 16.8. The van der Waals surface area contributed by atoms with Crippen LogP contribution >= 0.6 is 0 Å². The van der Waals surface area contributed by atoms with Gasteiger partial charge in [0.2, 0.25) is 0 Å². The van der Waals surface area contributed by atoms with E-state index in [1.54, 1.807) is 18.2 Å². The third-order valence-corrected chi connectivity index (χ3v) is 6.39. The van der Waals surface area contributed by atoms with Gasteiger partial charge in [0.1, 0.15) is 17.2 Å². The lowest BCUT2D eigenvalue weighted by Crippen LogP contribution is -2.29. The second kappa shape index (κ2) is 6.43. The van der Waals surface area contributed by atoms with Gasteiger partial charge in [-0.25, -0.2) is 0 Å². The summed E-state index contributed by atoms with van der Waals surface area (Å²) >= 11 is 0. The molecule has 6 heteroatoms. The normalized spacial score (nSPS) is 20.3. The van der Waals surface area contributed by atoms with Gasteiger partial charge in [0.05, 0.1) is 21.5 Å². The molecule has 2 aliphatic heterocycles. The highest BCUT2D eigenvalue weighted by Crippen LogP contribution is 2.43. The number of phenols is 3. The molecule has 1 fully saturated rings. The molecule has 2 heterocycles. The van der Waals surface area contributed by atoms with Gasteiger partial charge in [-0.3, -0.25) is 14.9 Å². The van der Waals surface area contributed by atoms with Crippen molar-refractivity contribution in [1.29, 1.82) is 0 Å². The average Bonchev–Trinajstić information content (AvgIpc) is 3.34. The van der Waals surface area contributed by atoms with Gasteiger partial charge >= 0.3 is 0 Å². The zero-order chi connectivity index (χ0) is 21.2. The second-order valence-corrected chi connectivity index (χ2v) is 8.41. The number of aromatic hydroxyl groups is 3. The van der Waals surface area contributed by atoms with Crippen molar-refractivity contribution in [1.82, 2.24) is 4.90 Å². The largest absolute Gasteiger partial charge is 0.507 e. The number of phenolic OH excluding ortho intramolecular Hbond substituents is 3. The molecule has 4 aromatic carbocycles. The third kappa shape index (κ3) is 2.68. The molecule has 1 saturated heterocycles. The number of hydrogen-bond acceptors (Lipinski definition) is 6. The minimum atomic E-state index is -0.582. The van der Waals surface area contributed by atoms with E-state index in [1.807, 2.05) is 24.3 Å². The van der Waals surface area contributed by atoms with Crippen LogP contribution < -0.4 is 10.7 Å². The summed E-state index contributed by atoms with van der Waals surface area (Å²) < 4.78 is 0. The Kier molecular flexibility index (Phi) is 3.76.